The molecule has 0 bridgehead atoms. The van der Waals surface area contributed by atoms with E-state index >= 15 is 0 Å². The molecule has 1 unspecified atom stereocenters. The standard InChI is InChI=1S/C12H16N2O4/c13-6-9(8-4-2-1-3-5-8)11(16)14-10(7-15)12(17)18/h1-5,9-10,15H,6-7,13H2,(H,14,16)(H,17,18)/t9?,10-/m0/s1. The minimum atomic E-state index is -1.31. The molecule has 6 heteroatoms. The van der Waals surface area contributed by atoms with Crippen molar-refractivity contribution in [1.82, 2.24) is 5.32 Å². The predicted molar refractivity (Wildman–Crippen MR) is 64.9 cm³/mol. The average Bonchev–Trinajstić information content (AvgIpc) is 2.37. The lowest BCUT2D eigenvalue weighted by Crippen LogP contribution is -2.46. The van der Waals surface area contributed by atoms with Crippen molar-refractivity contribution in [2.75, 3.05) is 13.2 Å². The molecule has 0 aliphatic heterocycles. The Kier molecular flexibility index (Phi) is 5.29. The van der Waals surface area contributed by atoms with Gasteiger partial charge >= 0.3 is 5.97 Å². The van der Waals surface area contributed by atoms with E-state index in [0.717, 1.165) is 0 Å². The maximum atomic E-state index is 11.9. The van der Waals surface area contributed by atoms with Crippen molar-refractivity contribution in [2.24, 2.45) is 5.73 Å². The lowest BCUT2D eigenvalue weighted by molar-refractivity contribution is -0.143. The molecule has 0 radical (unpaired) electrons. The van der Waals surface area contributed by atoms with Gasteiger partial charge in [-0.05, 0) is 5.56 Å². The van der Waals surface area contributed by atoms with Crippen LogP contribution < -0.4 is 11.1 Å². The molecule has 0 aliphatic rings. The summed E-state index contributed by atoms with van der Waals surface area (Å²) in [6, 6.07) is 7.52. The highest BCUT2D eigenvalue weighted by atomic mass is 16.4. The van der Waals surface area contributed by atoms with E-state index in [2.05, 4.69) is 5.32 Å². The zero-order valence-corrected chi connectivity index (χ0v) is 9.74. The predicted octanol–water partition coefficient (Wildman–Crippen LogP) is -0.709. The van der Waals surface area contributed by atoms with Crippen LogP contribution in [-0.2, 0) is 9.59 Å². The number of hydrogen-bond donors (Lipinski definition) is 4. The van der Waals surface area contributed by atoms with Crippen LogP contribution in [0.2, 0.25) is 0 Å². The summed E-state index contributed by atoms with van der Waals surface area (Å²) < 4.78 is 0. The molecule has 1 amide bonds. The van der Waals surface area contributed by atoms with Crippen molar-refractivity contribution in [3.63, 3.8) is 0 Å². The lowest BCUT2D eigenvalue weighted by atomic mass is 9.98. The molecule has 0 aliphatic carbocycles. The van der Waals surface area contributed by atoms with Crippen LogP contribution in [0.1, 0.15) is 11.5 Å². The highest BCUT2D eigenvalue weighted by Gasteiger charge is 2.24. The zero-order chi connectivity index (χ0) is 13.5. The van der Waals surface area contributed by atoms with Crippen LogP contribution >= 0.6 is 0 Å². The van der Waals surface area contributed by atoms with Crippen LogP contribution in [-0.4, -0.2) is 41.3 Å². The number of carbonyl (C=O) groups is 2. The summed E-state index contributed by atoms with van der Waals surface area (Å²) in [5.41, 5.74) is 6.24. The van der Waals surface area contributed by atoms with E-state index < -0.39 is 30.4 Å². The van der Waals surface area contributed by atoms with Crippen molar-refractivity contribution in [3.8, 4) is 0 Å². The Balaban J connectivity index is 2.78. The number of aliphatic hydroxyl groups is 1. The Hall–Kier alpha value is -1.92. The van der Waals surface area contributed by atoms with Gasteiger partial charge in [-0.2, -0.15) is 0 Å². The molecule has 18 heavy (non-hydrogen) atoms. The van der Waals surface area contributed by atoms with Crippen LogP contribution in [0.25, 0.3) is 0 Å². The summed E-state index contributed by atoms with van der Waals surface area (Å²) >= 11 is 0. The summed E-state index contributed by atoms with van der Waals surface area (Å²) in [6.45, 7) is -0.596. The molecule has 2 atom stereocenters. The van der Waals surface area contributed by atoms with Gasteiger partial charge in [0.15, 0.2) is 0 Å². The normalized spacial score (nSPS) is 13.7. The quantitative estimate of drug-likeness (QED) is 0.534. The van der Waals surface area contributed by atoms with Crippen molar-refractivity contribution in [3.05, 3.63) is 35.9 Å². The van der Waals surface area contributed by atoms with Crippen LogP contribution in [0.4, 0.5) is 0 Å². The fourth-order valence-corrected chi connectivity index (χ4v) is 1.54. The molecule has 5 N–H and O–H groups in total. The monoisotopic (exact) mass is 252 g/mol. The maximum absolute atomic E-state index is 11.9. The van der Waals surface area contributed by atoms with Gasteiger partial charge in [0.1, 0.15) is 6.04 Å². The van der Waals surface area contributed by atoms with Crippen LogP contribution in [0.15, 0.2) is 30.3 Å². The number of aliphatic carboxylic acids is 1. The fraction of sp³-hybridized carbons (Fsp3) is 0.333. The van der Waals surface area contributed by atoms with Crippen LogP contribution in [0, 0.1) is 0 Å². The second kappa shape index (κ2) is 6.73. The molecule has 0 saturated heterocycles. The molecule has 1 aromatic rings. The minimum Gasteiger partial charge on any atom is -0.480 e. The number of nitrogens with two attached hydrogens (primary N) is 1. The molecule has 0 aromatic heterocycles. The topological polar surface area (TPSA) is 113 Å². The van der Waals surface area contributed by atoms with E-state index in [0.29, 0.717) is 5.56 Å². The van der Waals surface area contributed by atoms with Gasteiger partial charge in [-0.15, -0.1) is 0 Å². The molecule has 98 valence electrons. The SMILES string of the molecule is NCC(C(=O)N[C@@H](CO)C(=O)O)c1ccccc1. The van der Waals surface area contributed by atoms with E-state index in [-0.39, 0.29) is 6.54 Å². The largest absolute Gasteiger partial charge is 0.480 e. The van der Waals surface area contributed by atoms with Gasteiger partial charge in [0.2, 0.25) is 5.91 Å². The third-order valence-corrected chi connectivity index (χ3v) is 2.55. The van der Waals surface area contributed by atoms with Gasteiger partial charge < -0.3 is 21.3 Å². The maximum Gasteiger partial charge on any atom is 0.328 e. The second-order valence-corrected chi connectivity index (χ2v) is 3.78. The molecule has 0 spiro atoms. The van der Waals surface area contributed by atoms with E-state index in [1.165, 1.54) is 0 Å². The van der Waals surface area contributed by atoms with E-state index in [1.807, 2.05) is 6.07 Å². The van der Waals surface area contributed by atoms with Crippen molar-refractivity contribution in [1.29, 1.82) is 0 Å². The molecule has 0 fully saturated rings. The number of nitrogens with one attached hydrogen (secondary N) is 1. The number of carbonyl (C=O) groups excluding carboxylic acids is 1. The first-order valence-corrected chi connectivity index (χ1v) is 5.49. The molecule has 1 rings (SSSR count). The highest BCUT2D eigenvalue weighted by molar-refractivity contribution is 5.88. The summed E-state index contributed by atoms with van der Waals surface area (Å²) in [7, 11) is 0. The van der Waals surface area contributed by atoms with Crippen molar-refractivity contribution in [2.45, 2.75) is 12.0 Å². The van der Waals surface area contributed by atoms with Gasteiger partial charge in [-0.3, -0.25) is 4.79 Å². The molecule has 6 nitrogen and oxygen atoms in total. The number of benzene rings is 1. The molecule has 0 heterocycles. The Morgan fingerprint density at radius 2 is 1.89 bits per heavy atom. The number of hydrogen-bond acceptors (Lipinski definition) is 4. The summed E-state index contributed by atoms with van der Waals surface area (Å²) in [5, 5.41) is 19.8. The Morgan fingerprint density at radius 3 is 2.33 bits per heavy atom. The summed E-state index contributed by atoms with van der Waals surface area (Å²) in [5.74, 6) is -2.42. The highest BCUT2D eigenvalue weighted by Crippen LogP contribution is 2.14. The van der Waals surface area contributed by atoms with Crippen LogP contribution in [0.5, 0.6) is 0 Å². The number of amides is 1. The van der Waals surface area contributed by atoms with Crippen molar-refractivity contribution >= 4 is 11.9 Å². The minimum absolute atomic E-state index is 0.0631. The van der Waals surface area contributed by atoms with Gasteiger partial charge in [0.05, 0.1) is 12.5 Å². The first-order chi connectivity index (χ1) is 8.60. The summed E-state index contributed by atoms with van der Waals surface area (Å²) in [4.78, 5) is 22.6. The van der Waals surface area contributed by atoms with Gasteiger partial charge in [-0.25, -0.2) is 4.79 Å². The first kappa shape index (κ1) is 14.1. The molecule has 1 aromatic carbocycles. The number of carboxylic acid groups (broad SMARTS) is 1. The first-order valence-electron chi connectivity index (χ1n) is 5.49. The lowest BCUT2D eigenvalue weighted by Gasteiger charge is -2.18. The Labute approximate surface area is 104 Å². The van der Waals surface area contributed by atoms with Gasteiger partial charge in [0, 0.05) is 6.54 Å². The smallest absolute Gasteiger partial charge is 0.328 e. The number of carboxylic acids is 1. The zero-order valence-electron chi connectivity index (χ0n) is 9.74. The molecular formula is C12H16N2O4. The average molecular weight is 252 g/mol. The van der Waals surface area contributed by atoms with E-state index in [9.17, 15) is 9.59 Å². The van der Waals surface area contributed by atoms with Gasteiger partial charge in [-0.1, -0.05) is 30.3 Å². The summed E-state index contributed by atoms with van der Waals surface area (Å²) in [6.07, 6.45) is 0. The van der Waals surface area contributed by atoms with Crippen LogP contribution in [0.3, 0.4) is 0 Å². The Morgan fingerprint density at radius 1 is 1.28 bits per heavy atom. The Bertz CT molecular complexity index is 408. The van der Waals surface area contributed by atoms with Crippen molar-refractivity contribution < 1.29 is 19.8 Å². The van der Waals surface area contributed by atoms with E-state index in [1.54, 1.807) is 24.3 Å². The second-order valence-electron chi connectivity index (χ2n) is 3.78. The molecule has 0 saturated carbocycles. The fourth-order valence-electron chi connectivity index (χ4n) is 1.54. The third-order valence-electron chi connectivity index (χ3n) is 2.55. The van der Waals surface area contributed by atoms with E-state index in [4.69, 9.17) is 15.9 Å². The number of rotatable bonds is 6. The number of aliphatic hydroxyl groups excluding tert-OH is 1. The third kappa shape index (κ3) is 3.54. The molecular weight excluding hydrogens is 236 g/mol. The van der Waals surface area contributed by atoms with Gasteiger partial charge in [0.25, 0.3) is 0 Å².